The predicted octanol–water partition coefficient (Wildman–Crippen LogP) is 33.6. The molecule has 2 aliphatic carbocycles. The quantitative estimate of drug-likeness (QED) is 0.127. The zero-order chi connectivity index (χ0) is 90.1. The number of fused-ring (bicyclic) bond motifs is 24. The molecule has 0 bridgehead atoms. The van der Waals surface area contributed by atoms with Crippen molar-refractivity contribution in [1.82, 2.24) is 27.4 Å². The van der Waals surface area contributed by atoms with E-state index in [1.807, 2.05) is 0 Å². The second kappa shape index (κ2) is 32.6. The minimum absolute atomic E-state index is 0.251. The molecule has 644 valence electrons. The molecule has 7 heteroatoms. The maximum Gasteiger partial charge on any atom is 0.0788 e. The van der Waals surface area contributed by atoms with Crippen LogP contribution < -0.4 is 4.90 Å². The van der Waals surface area contributed by atoms with Crippen molar-refractivity contribution in [3.8, 4) is 67.5 Å². The molecule has 0 saturated heterocycles. The zero-order valence-corrected chi connectivity index (χ0v) is 75.1. The van der Waals surface area contributed by atoms with Crippen molar-refractivity contribution in [1.29, 1.82) is 0 Å². The van der Waals surface area contributed by atoms with Crippen LogP contribution >= 0.6 is 0 Å². The molecule has 29 rings (SSSR count). The molecule has 137 heavy (non-hydrogen) atoms. The van der Waals surface area contributed by atoms with E-state index in [1.54, 1.807) is 0 Å². The molecule has 0 amide bonds. The third-order valence-corrected chi connectivity index (χ3v) is 29.0. The number of allylic oxidation sites excluding steroid dienone is 4. The Morgan fingerprint density at radius 2 is 0.533 bits per heavy atom. The van der Waals surface area contributed by atoms with Gasteiger partial charge >= 0.3 is 0 Å². The standard InChI is InChI=1S/C48H36N2.C42H27N3.C40H26N2/c1-4-14-33(15-5-1)36-28-37(34-16-6-2-7-17-34)30-38(29-36)35-24-26-40(27-25-35)50-46-23-13-11-21-42(46)44-31-43-41-20-10-12-22-45(41)49(47(43)32-48(44)50)39-18-8-3-9-19-39;1-2-12-28(13-3-1)44-39-20-10-6-16-33(39)35-26-27-36-34-17-7-11-21-40(34)45(42(36)41(35)44)30-24-22-29(23-25-30)43-37-18-8-4-14-31(37)32-15-5-9-19-38(32)43;1-2-13-29(14-3-1)41-37-19-8-6-16-33(37)35-25-26-36-34-17-7-9-20-38(34)42(40(36)39(35)41)30-23-21-28(22-24-30)32-18-10-12-27-11-4-5-15-31(27)32/h1-26,28-32,40,42,46H,27H2;1-27H;1-26H. The van der Waals surface area contributed by atoms with E-state index < -0.39 is 0 Å². The fourth-order valence-electron chi connectivity index (χ4n) is 22.9. The van der Waals surface area contributed by atoms with Crippen molar-refractivity contribution in [3.63, 3.8) is 0 Å². The van der Waals surface area contributed by atoms with Crippen LogP contribution in [-0.4, -0.2) is 39.5 Å². The number of hydrogen-bond donors (Lipinski definition) is 0. The van der Waals surface area contributed by atoms with E-state index in [9.17, 15) is 0 Å². The Kier molecular flexibility index (Phi) is 18.8. The van der Waals surface area contributed by atoms with E-state index in [0.717, 1.165) is 29.2 Å². The SMILES string of the molecule is C1=CC2c3cc4c5ccccc5n(-c5ccccc5)c4cc3N(C3C=CC(c4cc(-c5ccccc5)cc(-c5ccccc5)c4)=CC3)C2C=C1.c1ccc(-n2c3ccccc3c3ccc4c5ccccc5n(-c5ccc(-c6cccc7ccccc67)cc5)c4c32)cc1.c1ccc(-n2c3ccccc3c3ccc4c5ccccc5n(-c5ccc(-n6c7ccccc7c7ccccc76)cc5)c4c32)cc1. The summed E-state index contributed by atoms with van der Waals surface area (Å²) >= 11 is 0. The molecule has 26 aromatic rings. The van der Waals surface area contributed by atoms with Crippen LogP contribution in [0.2, 0.25) is 0 Å². The average molecular weight is 1750 g/mol. The van der Waals surface area contributed by atoms with Gasteiger partial charge < -0.3 is 32.3 Å². The van der Waals surface area contributed by atoms with Gasteiger partial charge in [-0.15, -0.1) is 0 Å². The Hall–Kier alpha value is -17.8. The first kappa shape index (κ1) is 79.0. The number of aromatic nitrogens is 6. The van der Waals surface area contributed by atoms with Gasteiger partial charge in [-0.2, -0.15) is 0 Å². The van der Waals surface area contributed by atoms with E-state index in [2.05, 4.69) is 542 Å². The summed E-state index contributed by atoms with van der Waals surface area (Å²) in [7, 11) is 0. The highest BCUT2D eigenvalue weighted by Gasteiger charge is 2.41. The van der Waals surface area contributed by atoms with Crippen LogP contribution in [0.3, 0.4) is 0 Å². The van der Waals surface area contributed by atoms with Crippen LogP contribution in [0.1, 0.15) is 23.5 Å². The second-order valence-corrected chi connectivity index (χ2v) is 36.4. The molecule has 0 N–H and O–H groups in total. The average Bonchev–Trinajstić information content (AvgIpc) is 1.55. The lowest BCUT2D eigenvalue weighted by Crippen LogP contribution is -2.40. The van der Waals surface area contributed by atoms with Crippen molar-refractivity contribution < 1.29 is 0 Å². The largest absolute Gasteiger partial charge is 0.357 e. The highest BCUT2D eigenvalue weighted by molar-refractivity contribution is 6.26. The first-order valence-corrected chi connectivity index (χ1v) is 47.6. The van der Waals surface area contributed by atoms with Gasteiger partial charge in [-0.3, -0.25) is 0 Å². The predicted molar refractivity (Wildman–Crippen MR) is 578 cm³/mol. The lowest BCUT2D eigenvalue weighted by molar-refractivity contribution is 0.614. The van der Waals surface area contributed by atoms with Crippen LogP contribution in [0.15, 0.2) is 510 Å². The molecule has 3 unspecified atom stereocenters. The highest BCUT2D eigenvalue weighted by atomic mass is 15.2. The van der Waals surface area contributed by atoms with Crippen molar-refractivity contribution in [2.24, 2.45) is 0 Å². The van der Waals surface area contributed by atoms with Gasteiger partial charge in [0.25, 0.3) is 0 Å². The molecule has 7 nitrogen and oxygen atoms in total. The number of nitrogens with zero attached hydrogens (tertiary/aromatic N) is 7. The molecular formula is C130H89N7. The molecular weight excluding hydrogens is 1660 g/mol. The number of anilines is 1. The van der Waals surface area contributed by atoms with E-state index in [4.69, 9.17) is 0 Å². The molecule has 0 saturated carbocycles. The van der Waals surface area contributed by atoms with Gasteiger partial charge in [0.1, 0.15) is 0 Å². The molecule has 6 aromatic heterocycles. The first-order valence-electron chi connectivity index (χ1n) is 47.6. The molecule has 1 aliphatic heterocycles. The summed E-state index contributed by atoms with van der Waals surface area (Å²) < 4.78 is 14.6. The van der Waals surface area contributed by atoms with Gasteiger partial charge in [0.05, 0.1) is 78.3 Å². The maximum atomic E-state index is 2.69. The first-order chi connectivity index (χ1) is 68.0. The van der Waals surface area contributed by atoms with E-state index in [1.165, 1.54) is 209 Å². The van der Waals surface area contributed by atoms with Gasteiger partial charge in [-0.25, -0.2) is 0 Å². The summed E-state index contributed by atoms with van der Waals surface area (Å²) in [4.78, 5) is 2.69. The lowest BCUT2D eigenvalue weighted by atomic mass is 9.89. The van der Waals surface area contributed by atoms with E-state index in [0.29, 0.717) is 5.92 Å². The topological polar surface area (TPSA) is 32.8 Å². The summed E-state index contributed by atoms with van der Waals surface area (Å²) in [5.41, 5.74) is 34.4. The normalized spacial score (nSPS) is 14.6. The third-order valence-electron chi connectivity index (χ3n) is 29.0. The van der Waals surface area contributed by atoms with Gasteiger partial charge in [-0.1, -0.05) is 364 Å². The second-order valence-electron chi connectivity index (χ2n) is 36.4. The molecule has 3 atom stereocenters. The number of benzene rings is 20. The molecule has 7 heterocycles. The molecule has 3 aliphatic rings. The van der Waals surface area contributed by atoms with Crippen LogP contribution in [0.25, 0.3) is 215 Å². The monoisotopic (exact) mass is 1750 g/mol. The van der Waals surface area contributed by atoms with Crippen molar-refractivity contribution in [3.05, 3.63) is 521 Å². The summed E-state index contributed by atoms with van der Waals surface area (Å²) in [6.07, 6.45) is 17.5. The van der Waals surface area contributed by atoms with Crippen LogP contribution in [0.4, 0.5) is 5.69 Å². The van der Waals surface area contributed by atoms with Crippen molar-refractivity contribution in [2.75, 3.05) is 4.90 Å². The Labute approximate surface area is 792 Å². The highest BCUT2D eigenvalue weighted by Crippen LogP contribution is 2.52. The Morgan fingerprint density at radius 3 is 0.964 bits per heavy atom. The lowest BCUT2D eigenvalue weighted by Gasteiger charge is -2.35. The Morgan fingerprint density at radius 1 is 0.204 bits per heavy atom. The fourth-order valence-corrected chi connectivity index (χ4v) is 22.9. The van der Waals surface area contributed by atoms with E-state index in [-0.39, 0.29) is 12.1 Å². The van der Waals surface area contributed by atoms with Gasteiger partial charge in [0.15, 0.2) is 0 Å². The number of rotatable bonds is 11. The Bertz CT molecular complexity index is 9310. The molecule has 0 fully saturated rings. The van der Waals surface area contributed by atoms with Crippen LogP contribution in [0.5, 0.6) is 0 Å². The minimum atomic E-state index is 0.251. The van der Waals surface area contributed by atoms with Crippen molar-refractivity contribution >= 4 is 153 Å². The van der Waals surface area contributed by atoms with Gasteiger partial charge in [-0.05, 0) is 213 Å². The molecule has 20 aromatic carbocycles. The summed E-state index contributed by atoms with van der Waals surface area (Å²) in [5, 5.41) is 17.8. The number of hydrogen-bond acceptors (Lipinski definition) is 1. The van der Waals surface area contributed by atoms with Crippen molar-refractivity contribution in [2.45, 2.75) is 24.4 Å². The summed E-state index contributed by atoms with van der Waals surface area (Å²) in [6, 6.07) is 170. The maximum absolute atomic E-state index is 2.69. The molecule has 0 spiro atoms. The molecule has 0 radical (unpaired) electrons. The Balaban J connectivity index is 0.000000104. The summed E-state index contributed by atoms with van der Waals surface area (Å²) in [5.74, 6) is 0.327. The number of para-hydroxylation sites is 10. The summed E-state index contributed by atoms with van der Waals surface area (Å²) in [6.45, 7) is 0. The van der Waals surface area contributed by atoms with Crippen LogP contribution in [-0.2, 0) is 0 Å². The minimum Gasteiger partial charge on any atom is -0.357 e. The van der Waals surface area contributed by atoms with Gasteiger partial charge in [0, 0.05) is 110 Å². The zero-order valence-electron chi connectivity index (χ0n) is 75.1. The smallest absolute Gasteiger partial charge is 0.0788 e. The van der Waals surface area contributed by atoms with Crippen LogP contribution in [0, 0.1) is 0 Å². The third kappa shape index (κ3) is 12.9. The fraction of sp³-hybridized carbons (Fsp3) is 0.0308. The van der Waals surface area contributed by atoms with E-state index >= 15 is 0 Å². The van der Waals surface area contributed by atoms with Gasteiger partial charge in [0.2, 0.25) is 0 Å².